The predicted octanol–water partition coefficient (Wildman–Crippen LogP) is 3.59. The Bertz CT molecular complexity index is 672. The van der Waals surface area contributed by atoms with E-state index in [-0.39, 0.29) is 17.9 Å². The van der Waals surface area contributed by atoms with Crippen molar-refractivity contribution in [3.05, 3.63) is 21.4 Å². The van der Waals surface area contributed by atoms with Crippen LogP contribution >= 0.6 is 11.3 Å². The molecule has 138 valence electrons. The molecule has 0 bridgehead atoms. The average Bonchev–Trinajstić information content (AvgIpc) is 3.18. The molecule has 5 heteroatoms. The van der Waals surface area contributed by atoms with E-state index in [4.69, 9.17) is 0 Å². The highest BCUT2D eigenvalue weighted by Crippen LogP contribution is 2.40. The van der Waals surface area contributed by atoms with Crippen LogP contribution in [-0.2, 0) is 17.6 Å². The molecule has 0 N–H and O–H groups in total. The molecule has 2 heterocycles. The first-order chi connectivity index (χ1) is 11.7. The Kier molecular flexibility index (Phi) is 4.97. The minimum atomic E-state index is -0.288. The van der Waals surface area contributed by atoms with E-state index < -0.39 is 0 Å². The zero-order valence-electron chi connectivity index (χ0n) is 16.1. The molecule has 0 spiro atoms. The van der Waals surface area contributed by atoms with Crippen LogP contribution in [0.15, 0.2) is 6.07 Å². The van der Waals surface area contributed by atoms with Crippen molar-refractivity contribution in [1.82, 2.24) is 9.80 Å². The van der Waals surface area contributed by atoms with Crippen LogP contribution in [0.2, 0.25) is 0 Å². The Morgan fingerprint density at radius 1 is 1.24 bits per heavy atom. The van der Waals surface area contributed by atoms with E-state index in [0.29, 0.717) is 17.9 Å². The van der Waals surface area contributed by atoms with Gasteiger partial charge in [0.05, 0.1) is 4.88 Å². The molecule has 3 rings (SSSR count). The molecule has 0 saturated carbocycles. The number of hydrogen-bond donors (Lipinski definition) is 0. The summed E-state index contributed by atoms with van der Waals surface area (Å²) in [5.41, 5.74) is 1.66. The Morgan fingerprint density at radius 3 is 2.60 bits per heavy atom. The van der Waals surface area contributed by atoms with Crippen LogP contribution in [-0.4, -0.2) is 48.3 Å². The van der Waals surface area contributed by atoms with E-state index in [9.17, 15) is 9.59 Å². The lowest BCUT2D eigenvalue weighted by atomic mass is 9.72. The molecule has 2 aliphatic rings. The molecule has 1 saturated heterocycles. The van der Waals surface area contributed by atoms with Crippen LogP contribution in [0, 0.1) is 11.3 Å². The van der Waals surface area contributed by atoms with Gasteiger partial charge in [0.15, 0.2) is 0 Å². The maximum absolute atomic E-state index is 13.0. The number of fused-ring (bicyclic) bond motifs is 1. The minimum absolute atomic E-state index is 0.0416. The Hall–Kier alpha value is -1.36. The molecule has 0 radical (unpaired) electrons. The van der Waals surface area contributed by atoms with Gasteiger partial charge in [0.2, 0.25) is 5.91 Å². The number of likely N-dealkylation sites (N-methyl/N-ethyl adjacent to an activating group) is 1. The van der Waals surface area contributed by atoms with E-state index in [2.05, 4.69) is 26.8 Å². The molecule has 25 heavy (non-hydrogen) atoms. The molecule has 1 aromatic heterocycles. The highest BCUT2D eigenvalue weighted by atomic mass is 32.1. The highest BCUT2D eigenvalue weighted by Gasteiger charge is 2.37. The van der Waals surface area contributed by atoms with Crippen molar-refractivity contribution in [3.63, 3.8) is 0 Å². The lowest BCUT2D eigenvalue weighted by molar-refractivity contribution is -0.132. The zero-order chi connectivity index (χ0) is 18.4. The van der Waals surface area contributed by atoms with Gasteiger partial charge in [0, 0.05) is 25.5 Å². The van der Waals surface area contributed by atoms with Crippen molar-refractivity contribution in [2.75, 3.05) is 20.6 Å². The summed E-state index contributed by atoms with van der Waals surface area (Å²) in [6, 6.07) is 1.82. The highest BCUT2D eigenvalue weighted by molar-refractivity contribution is 7.14. The smallest absolute Gasteiger partial charge is 0.264 e. The Morgan fingerprint density at radius 2 is 1.96 bits per heavy atom. The zero-order valence-corrected chi connectivity index (χ0v) is 16.9. The van der Waals surface area contributed by atoms with Crippen molar-refractivity contribution in [1.29, 1.82) is 0 Å². The Labute approximate surface area is 155 Å². The van der Waals surface area contributed by atoms with E-state index in [0.717, 1.165) is 30.6 Å². The normalized spacial score (nSPS) is 23.5. The van der Waals surface area contributed by atoms with E-state index in [1.54, 1.807) is 35.2 Å². The topological polar surface area (TPSA) is 40.6 Å². The van der Waals surface area contributed by atoms with Crippen LogP contribution < -0.4 is 0 Å². The summed E-state index contributed by atoms with van der Waals surface area (Å²) in [5, 5.41) is 0. The van der Waals surface area contributed by atoms with Gasteiger partial charge < -0.3 is 9.80 Å². The lowest BCUT2D eigenvalue weighted by Gasteiger charge is -2.33. The quantitative estimate of drug-likeness (QED) is 0.807. The average molecular weight is 363 g/mol. The number of likely N-dealkylation sites (tertiary alicyclic amines) is 1. The summed E-state index contributed by atoms with van der Waals surface area (Å²) < 4.78 is 0. The molecule has 0 aromatic carbocycles. The molecule has 1 aliphatic carbocycles. The summed E-state index contributed by atoms with van der Waals surface area (Å²) >= 11 is 1.65. The van der Waals surface area contributed by atoms with E-state index in [1.165, 1.54) is 16.9 Å². The van der Waals surface area contributed by atoms with Crippen LogP contribution in [0.25, 0.3) is 0 Å². The molecule has 1 aliphatic heterocycles. The lowest BCUT2D eigenvalue weighted by Crippen LogP contribution is -2.45. The molecule has 1 fully saturated rings. The van der Waals surface area contributed by atoms with Crippen molar-refractivity contribution in [2.45, 2.75) is 58.9 Å². The van der Waals surface area contributed by atoms with Gasteiger partial charge in [-0.15, -0.1) is 11.3 Å². The second kappa shape index (κ2) is 6.75. The third-order valence-corrected chi connectivity index (χ3v) is 6.98. The summed E-state index contributed by atoms with van der Waals surface area (Å²) in [6.45, 7) is 7.62. The van der Waals surface area contributed by atoms with Crippen LogP contribution in [0.4, 0.5) is 0 Å². The van der Waals surface area contributed by atoms with Gasteiger partial charge in [0.25, 0.3) is 5.91 Å². The van der Waals surface area contributed by atoms with Crippen molar-refractivity contribution < 1.29 is 9.59 Å². The number of amides is 2. The number of carbonyl (C=O) groups is 2. The maximum atomic E-state index is 13.0. The summed E-state index contributed by atoms with van der Waals surface area (Å²) in [6.07, 6.45) is 5.04. The third-order valence-electron chi connectivity index (χ3n) is 5.76. The molecule has 2 amide bonds. The SMILES string of the molecule is CN(C)C(=O)C1CCCN1C(=O)c1cc2c(s1)CCC(C(C)(C)C)C2. The third kappa shape index (κ3) is 3.62. The van der Waals surface area contributed by atoms with Crippen molar-refractivity contribution in [2.24, 2.45) is 11.3 Å². The largest absolute Gasteiger partial charge is 0.347 e. The second-order valence-electron chi connectivity index (χ2n) is 8.75. The number of thiophene rings is 1. The predicted molar refractivity (Wildman–Crippen MR) is 102 cm³/mol. The van der Waals surface area contributed by atoms with Crippen molar-refractivity contribution in [3.8, 4) is 0 Å². The van der Waals surface area contributed by atoms with Gasteiger partial charge >= 0.3 is 0 Å². The number of nitrogens with zero attached hydrogens (tertiary/aromatic N) is 2. The molecular formula is C20H30N2O2S. The summed E-state index contributed by atoms with van der Waals surface area (Å²) in [4.78, 5) is 31.0. The number of hydrogen-bond acceptors (Lipinski definition) is 3. The molecule has 2 atom stereocenters. The van der Waals surface area contributed by atoms with Gasteiger partial charge in [-0.2, -0.15) is 0 Å². The first-order valence-corrected chi connectivity index (χ1v) is 10.1. The molecule has 1 aromatic rings. The molecular weight excluding hydrogens is 332 g/mol. The van der Waals surface area contributed by atoms with Crippen LogP contribution in [0.5, 0.6) is 0 Å². The van der Waals surface area contributed by atoms with Gasteiger partial charge in [0.1, 0.15) is 6.04 Å². The fourth-order valence-electron chi connectivity index (χ4n) is 4.07. The first kappa shape index (κ1) is 18.4. The molecule has 2 unspecified atom stereocenters. The van der Waals surface area contributed by atoms with E-state index in [1.807, 2.05) is 0 Å². The Balaban J connectivity index is 1.78. The van der Waals surface area contributed by atoms with Crippen molar-refractivity contribution >= 4 is 23.2 Å². The first-order valence-electron chi connectivity index (χ1n) is 9.32. The standard InChI is InChI=1S/C20H30N2O2S/c1-20(2,3)14-8-9-16-13(11-14)12-17(25-16)19(24)22-10-6-7-15(22)18(23)21(4)5/h12,14-15H,6-11H2,1-5H3. The van der Waals surface area contributed by atoms with Crippen LogP contribution in [0.3, 0.4) is 0 Å². The van der Waals surface area contributed by atoms with Crippen LogP contribution in [0.1, 0.15) is 60.1 Å². The fourth-order valence-corrected chi connectivity index (χ4v) is 5.24. The fraction of sp³-hybridized carbons (Fsp3) is 0.700. The second-order valence-corrected chi connectivity index (χ2v) is 9.89. The monoisotopic (exact) mass is 362 g/mol. The maximum Gasteiger partial charge on any atom is 0.264 e. The summed E-state index contributed by atoms with van der Waals surface area (Å²) in [5.74, 6) is 0.761. The van der Waals surface area contributed by atoms with Gasteiger partial charge in [-0.3, -0.25) is 9.59 Å². The minimum Gasteiger partial charge on any atom is -0.347 e. The molecule has 4 nitrogen and oxygen atoms in total. The number of carbonyl (C=O) groups excluding carboxylic acids is 2. The number of aryl methyl sites for hydroxylation is 1. The van der Waals surface area contributed by atoms with Gasteiger partial charge in [-0.25, -0.2) is 0 Å². The summed E-state index contributed by atoms with van der Waals surface area (Å²) in [7, 11) is 3.53. The van der Waals surface area contributed by atoms with Gasteiger partial charge in [-0.1, -0.05) is 20.8 Å². The van der Waals surface area contributed by atoms with E-state index >= 15 is 0 Å². The number of rotatable bonds is 2. The van der Waals surface area contributed by atoms with Gasteiger partial charge in [-0.05, 0) is 55.1 Å².